The summed E-state index contributed by atoms with van der Waals surface area (Å²) in [7, 11) is -4.19. The molecule has 0 amide bonds. The van der Waals surface area contributed by atoms with Crippen molar-refractivity contribution in [2.75, 3.05) is 0 Å². The zero-order valence-corrected chi connectivity index (χ0v) is 13.1. The summed E-state index contributed by atoms with van der Waals surface area (Å²) >= 11 is 0. The van der Waals surface area contributed by atoms with Crippen LogP contribution in [0.3, 0.4) is 0 Å². The Kier molecular flexibility index (Phi) is 4.41. The maximum absolute atomic E-state index is 13.6. The minimum Gasteiger partial charge on any atom is -0.464 e. The fourth-order valence-electron chi connectivity index (χ4n) is 2.10. The fourth-order valence-corrected chi connectivity index (χ4v) is 3.21. The second-order valence-corrected chi connectivity index (χ2v) is 6.69. The van der Waals surface area contributed by atoms with Crippen LogP contribution in [0.2, 0.25) is 0 Å². The van der Waals surface area contributed by atoms with Gasteiger partial charge in [-0.2, -0.15) is 0 Å². The highest BCUT2D eigenvalue weighted by molar-refractivity contribution is 7.89. The number of halogens is 2. The molecule has 0 bridgehead atoms. The van der Waals surface area contributed by atoms with E-state index in [2.05, 4.69) is 9.71 Å². The largest absolute Gasteiger partial charge is 0.464 e. The number of hydrogen-bond donors (Lipinski definition) is 1. The quantitative estimate of drug-likeness (QED) is 0.767. The molecule has 8 heteroatoms. The van der Waals surface area contributed by atoms with Crippen LogP contribution in [0, 0.1) is 11.6 Å². The minimum absolute atomic E-state index is 0.125. The second kappa shape index (κ2) is 6.50. The number of pyridine rings is 1. The van der Waals surface area contributed by atoms with Gasteiger partial charge in [0.25, 0.3) is 0 Å². The van der Waals surface area contributed by atoms with E-state index in [1.54, 1.807) is 24.4 Å². The molecule has 0 saturated carbocycles. The van der Waals surface area contributed by atoms with E-state index >= 15 is 0 Å². The van der Waals surface area contributed by atoms with Crippen molar-refractivity contribution in [1.29, 1.82) is 0 Å². The smallest absolute Gasteiger partial charge is 0.243 e. The number of benzene rings is 1. The molecule has 5 nitrogen and oxygen atoms in total. The molecule has 2 aromatic heterocycles. The van der Waals surface area contributed by atoms with E-state index < -0.39 is 26.6 Å². The Balaban J connectivity index is 1.80. The molecule has 1 N–H and O–H groups in total. The SMILES string of the molecule is O=S(=O)(NCc1cncc(-c2ccco2)c1)c1cc(F)ccc1F. The molecule has 3 rings (SSSR count). The number of nitrogens with one attached hydrogen (secondary N) is 1. The van der Waals surface area contributed by atoms with Crippen molar-refractivity contribution in [2.24, 2.45) is 0 Å². The Morgan fingerprint density at radius 2 is 1.96 bits per heavy atom. The highest BCUT2D eigenvalue weighted by atomic mass is 32.2. The molecule has 0 aliphatic rings. The molecule has 2 heterocycles. The van der Waals surface area contributed by atoms with Gasteiger partial charge in [-0.3, -0.25) is 4.98 Å². The molecule has 1 aromatic carbocycles. The third kappa shape index (κ3) is 3.50. The van der Waals surface area contributed by atoms with Gasteiger partial charge in [-0.15, -0.1) is 0 Å². The summed E-state index contributed by atoms with van der Waals surface area (Å²) in [6.45, 7) is -0.125. The first kappa shape index (κ1) is 16.3. The monoisotopic (exact) mass is 350 g/mol. The number of furan rings is 1. The van der Waals surface area contributed by atoms with Crippen molar-refractivity contribution in [2.45, 2.75) is 11.4 Å². The lowest BCUT2D eigenvalue weighted by Gasteiger charge is -2.08. The van der Waals surface area contributed by atoms with Gasteiger partial charge in [-0.05, 0) is 42.0 Å². The molecule has 124 valence electrons. The van der Waals surface area contributed by atoms with Gasteiger partial charge in [-0.25, -0.2) is 21.9 Å². The third-order valence-electron chi connectivity index (χ3n) is 3.25. The van der Waals surface area contributed by atoms with Gasteiger partial charge < -0.3 is 4.42 Å². The van der Waals surface area contributed by atoms with E-state index in [4.69, 9.17) is 4.42 Å². The minimum atomic E-state index is -4.19. The number of sulfonamides is 1. The van der Waals surface area contributed by atoms with E-state index in [-0.39, 0.29) is 6.54 Å². The Morgan fingerprint density at radius 1 is 1.12 bits per heavy atom. The van der Waals surface area contributed by atoms with Crippen molar-refractivity contribution in [1.82, 2.24) is 9.71 Å². The summed E-state index contributed by atoms with van der Waals surface area (Å²) in [6, 6.07) is 7.41. The number of nitrogens with zero attached hydrogens (tertiary/aromatic N) is 1. The summed E-state index contributed by atoms with van der Waals surface area (Å²) in [4.78, 5) is 3.28. The molecule has 0 spiro atoms. The van der Waals surface area contributed by atoms with Crippen LogP contribution >= 0.6 is 0 Å². The first-order valence-corrected chi connectivity index (χ1v) is 8.36. The van der Waals surface area contributed by atoms with Crippen molar-refractivity contribution in [3.8, 4) is 11.3 Å². The van der Waals surface area contributed by atoms with Crippen LogP contribution in [0.15, 0.2) is 64.4 Å². The van der Waals surface area contributed by atoms with Crippen molar-refractivity contribution < 1.29 is 21.6 Å². The van der Waals surface area contributed by atoms with Gasteiger partial charge in [0.05, 0.1) is 6.26 Å². The number of hydrogen-bond acceptors (Lipinski definition) is 4. The Hall–Kier alpha value is -2.58. The molecular weight excluding hydrogens is 338 g/mol. The molecule has 3 aromatic rings. The molecule has 24 heavy (non-hydrogen) atoms. The number of aromatic nitrogens is 1. The maximum atomic E-state index is 13.6. The zero-order valence-electron chi connectivity index (χ0n) is 12.2. The van der Waals surface area contributed by atoms with E-state index in [0.717, 1.165) is 12.1 Å². The van der Waals surface area contributed by atoms with E-state index in [9.17, 15) is 17.2 Å². The van der Waals surface area contributed by atoms with Gasteiger partial charge in [0, 0.05) is 24.5 Å². The van der Waals surface area contributed by atoms with E-state index in [1.165, 1.54) is 12.5 Å². The summed E-state index contributed by atoms with van der Waals surface area (Å²) in [5, 5.41) is 0. The molecule has 0 atom stereocenters. The summed E-state index contributed by atoms with van der Waals surface area (Å²) in [6.07, 6.45) is 4.55. The molecule has 0 aliphatic heterocycles. The van der Waals surface area contributed by atoms with Crippen molar-refractivity contribution in [3.63, 3.8) is 0 Å². The molecular formula is C16H12F2N2O3S. The molecule has 0 radical (unpaired) electrons. The zero-order chi connectivity index (χ0) is 17.2. The first-order valence-electron chi connectivity index (χ1n) is 6.88. The predicted molar refractivity (Wildman–Crippen MR) is 82.3 cm³/mol. The first-order chi connectivity index (χ1) is 11.5. The van der Waals surface area contributed by atoms with Crippen LogP contribution in [0.25, 0.3) is 11.3 Å². The molecule has 0 saturated heterocycles. The lowest BCUT2D eigenvalue weighted by Crippen LogP contribution is -2.24. The van der Waals surface area contributed by atoms with Crippen LogP contribution in [-0.2, 0) is 16.6 Å². The van der Waals surface area contributed by atoms with Crippen molar-refractivity contribution in [3.05, 3.63) is 72.3 Å². The second-order valence-electron chi connectivity index (χ2n) is 4.96. The Morgan fingerprint density at radius 3 is 2.71 bits per heavy atom. The summed E-state index contributed by atoms with van der Waals surface area (Å²) in [5.41, 5.74) is 1.22. The normalized spacial score (nSPS) is 11.6. The van der Waals surface area contributed by atoms with Gasteiger partial charge >= 0.3 is 0 Å². The average molecular weight is 350 g/mol. The summed E-state index contributed by atoms with van der Waals surface area (Å²) < 4.78 is 58.5. The highest BCUT2D eigenvalue weighted by Gasteiger charge is 2.19. The van der Waals surface area contributed by atoms with Gasteiger partial charge in [0.2, 0.25) is 10.0 Å². The molecule has 0 aliphatic carbocycles. The van der Waals surface area contributed by atoms with Crippen LogP contribution < -0.4 is 4.72 Å². The van der Waals surface area contributed by atoms with Gasteiger partial charge in [-0.1, -0.05) is 0 Å². The third-order valence-corrected chi connectivity index (χ3v) is 4.67. The molecule has 0 fully saturated rings. The topological polar surface area (TPSA) is 72.2 Å². The van der Waals surface area contributed by atoms with E-state index in [1.807, 2.05) is 0 Å². The van der Waals surface area contributed by atoms with E-state index in [0.29, 0.717) is 23.0 Å². The molecule has 0 unspecified atom stereocenters. The average Bonchev–Trinajstić information content (AvgIpc) is 3.10. The van der Waals surface area contributed by atoms with Gasteiger partial charge in [0.15, 0.2) is 0 Å². The van der Waals surface area contributed by atoms with Crippen LogP contribution in [0.1, 0.15) is 5.56 Å². The summed E-state index contributed by atoms with van der Waals surface area (Å²) in [5.74, 6) is -1.27. The lowest BCUT2D eigenvalue weighted by molar-refractivity contribution is 0.545. The number of rotatable bonds is 5. The van der Waals surface area contributed by atoms with Crippen molar-refractivity contribution >= 4 is 10.0 Å². The standard InChI is InChI=1S/C16H12F2N2O3S/c17-13-3-4-14(18)16(7-13)24(21,22)20-9-11-6-12(10-19-8-11)15-2-1-5-23-15/h1-8,10,20H,9H2. The van der Waals surface area contributed by atoms with Crippen LogP contribution in [0.5, 0.6) is 0 Å². The maximum Gasteiger partial charge on any atom is 0.243 e. The lowest BCUT2D eigenvalue weighted by atomic mass is 10.2. The fraction of sp³-hybridized carbons (Fsp3) is 0.0625. The highest BCUT2D eigenvalue weighted by Crippen LogP contribution is 2.20. The predicted octanol–water partition coefficient (Wildman–Crippen LogP) is 3.10. The van der Waals surface area contributed by atoms with Crippen LogP contribution in [-0.4, -0.2) is 13.4 Å². The van der Waals surface area contributed by atoms with Crippen LogP contribution in [0.4, 0.5) is 8.78 Å². The Bertz CT molecular complexity index is 957. The Labute approximate surface area is 137 Å². The van der Waals surface area contributed by atoms with Gasteiger partial charge in [0.1, 0.15) is 22.3 Å².